The molecule has 0 saturated heterocycles. The fraction of sp³-hybridized carbons (Fsp3) is 0.462. The van der Waals surface area contributed by atoms with Gasteiger partial charge in [-0.2, -0.15) is 0 Å². The first-order valence-electron chi connectivity index (χ1n) is 5.87. The molecule has 3 nitrogen and oxygen atoms in total. The lowest BCUT2D eigenvalue weighted by Crippen LogP contribution is -2.30. The normalized spacial score (nSPS) is 16.2. The zero-order valence-corrected chi connectivity index (χ0v) is 11.7. The van der Waals surface area contributed by atoms with Crippen LogP contribution < -0.4 is 10.1 Å². The number of hydrogen-bond donors (Lipinski definition) is 1. The Balaban J connectivity index is 1.93. The summed E-state index contributed by atoms with van der Waals surface area (Å²) in [4.78, 5) is 12.1. The Labute approximate surface area is 114 Å². The van der Waals surface area contributed by atoms with Gasteiger partial charge < -0.3 is 10.1 Å². The number of alkyl halides is 1. The highest BCUT2D eigenvalue weighted by Gasteiger charge is 2.29. The zero-order chi connectivity index (χ0) is 13.1. The molecule has 98 valence electrons. The van der Waals surface area contributed by atoms with Crippen LogP contribution in [0.15, 0.2) is 18.2 Å². The fourth-order valence-corrected chi connectivity index (χ4v) is 2.41. The molecule has 1 fully saturated rings. The van der Waals surface area contributed by atoms with Gasteiger partial charge in [-0.1, -0.05) is 15.9 Å². The van der Waals surface area contributed by atoms with E-state index in [1.807, 2.05) is 0 Å². The van der Waals surface area contributed by atoms with E-state index in [9.17, 15) is 9.18 Å². The topological polar surface area (TPSA) is 38.3 Å². The molecule has 1 N–H and O–H groups in total. The standard InChI is InChI=1S/C13H15BrFNO2/c1-18-12-5-4-9(6-11(12)15)13(17)16-7-10(14)8-2-3-8/h4-6,8,10H,2-3,7H2,1H3,(H,16,17). The van der Waals surface area contributed by atoms with Gasteiger partial charge in [0, 0.05) is 16.9 Å². The zero-order valence-electron chi connectivity index (χ0n) is 10.1. The molecule has 0 aliphatic heterocycles. The first kappa shape index (κ1) is 13.3. The van der Waals surface area contributed by atoms with E-state index in [0.717, 1.165) is 0 Å². The first-order chi connectivity index (χ1) is 8.61. The molecule has 0 bridgehead atoms. The summed E-state index contributed by atoms with van der Waals surface area (Å²) >= 11 is 3.53. The second-order valence-electron chi connectivity index (χ2n) is 4.41. The Kier molecular flexibility index (Phi) is 4.22. The van der Waals surface area contributed by atoms with Crippen LogP contribution in [0.3, 0.4) is 0 Å². The van der Waals surface area contributed by atoms with Crippen molar-refractivity contribution in [1.82, 2.24) is 5.32 Å². The SMILES string of the molecule is COc1ccc(C(=O)NCC(Br)C2CC2)cc1F. The molecule has 1 aliphatic rings. The van der Waals surface area contributed by atoms with Crippen LogP contribution in [0.25, 0.3) is 0 Å². The van der Waals surface area contributed by atoms with E-state index in [0.29, 0.717) is 22.9 Å². The van der Waals surface area contributed by atoms with Gasteiger partial charge in [-0.25, -0.2) is 4.39 Å². The molecular formula is C13H15BrFNO2. The first-order valence-corrected chi connectivity index (χ1v) is 6.79. The van der Waals surface area contributed by atoms with E-state index in [1.54, 1.807) is 6.07 Å². The molecule has 0 radical (unpaired) electrons. The van der Waals surface area contributed by atoms with Crippen LogP contribution in [0.4, 0.5) is 4.39 Å². The van der Waals surface area contributed by atoms with E-state index >= 15 is 0 Å². The number of amides is 1. The minimum Gasteiger partial charge on any atom is -0.494 e. The molecular weight excluding hydrogens is 301 g/mol. The van der Waals surface area contributed by atoms with Crippen LogP contribution in [0.2, 0.25) is 0 Å². The summed E-state index contributed by atoms with van der Waals surface area (Å²) in [5.41, 5.74) is 0.309. The third kappa shape index (κ3) is 3.22. The lowest BCUT2D eigenvalue weighted by molar-refractivity contribution is 0.0953. The monoisotopic (exact) mass is 315 g/mol. The van der Waals surface area contributed by atoms with Gasteiger partial charge in [0.15, 0.2) is 11.6 Å². The van der Waals surface area contributed by atoms with Crippen molar-refractivity contribution in [1.29, 1.82) is 0 Å². The maximum absolute atomic E-state index is 13.4. The van der Waals surface area contributed by atoms with E-state index in [2.05, 4.69) is 21.2 Å². The Morgan fingerprint density at radius 2 is 2.33 bits per heavy atom. The van der Waals surface area contributed by atoms with Crippen molar-refractivity contribution in [2.75, 3.05) is 13.7 Å². The number of nitrogens with one attached hydrogen (secondary N) is 1. The summed E-state index contributed by atoms with van der Waals surface area (Å²) in [7, 11) is 1.39. The van der Waals surface area contributed by atoms with Crippen LogP contribution in [0.1, 0.15) is 23.2 Å². The van der Waals surface area contributed by atoms with Crippen LogP contribution in [-0.4, -0.2) is 24.4 Å². The maximum Gasteiger partial charge on any atom is 0.251 e. The van der Waals surface area contributed by atoms with Gasteiger partial charge in [-0.05, 0) is 37.0 Å². The highest BCUT2D eigenvalue weighted by molar-refractivity contribution is 9.09. The van der Waals surface area contributed by atoms with Crippen LogP contribution in [-0.2, 0) is 0 Å². The van der Waals surface area contributed by atoms with Gasteiger partial charge in [0.05, 0.1) is 7.11 Å². The van der Waals surface area contributed by atoms with Gasteiger partial charge in [0.1, 0.15) is 0 Å². The Morgan fingerprint density at radius 3 is 2.89 bits per heavy atom. The van der Waals surface area contributed by atoms with Gasteiger partial charge in [0.2, 0.25) is 0 Å². The molecule has 2 rings (SSSR count). The molecule has 0 spiro atoms. The molecule has 0 heterocycles. The van der Waals surface area contributed by atoms with E-state index in [1.165, 1.54) is 32.1 Å². The molecule has 1 aromatic carbocycles. The van der Waals surface area contributed by atoms with Gasteiger partial charge in [0.25, 0.3) is 5.91 Å². The van der Waals surface area contributed by atoms with Crippen molar-refractivity contribution in [3.8, 4) is 5.75 Å². The third-order valence-corrected chi connectivity index (χ3v) is 4.08. The molecule has 1 amide bonds. The van der Waals surface area contributed by atoms with Crippen molar-refractivity contribution in [3.05, 3.63) is 29.6 Å². The quantitative estimate of drug-likeness (QED) is 0.848. The smallest absolute Gasteiger partial charge is 0.251 e. The number of halogens is 2. The summed E-state index contributed by atoms with van der Waals surface area (Å²) in [6, 6.07) is 4.20. The molecule has 5 heteroatoms. The minimum atomic E-state index is -0.525. The molecule has 1 saturated carbocycles. The second kappa shape index (κ2) is 5.69. The second-order valence-corrected chi connectivity index (χ2v) is 5.59. The van der Waals surface area contributed by atoms with Crippen molar-refractivity contribution < 1.29 is 13.9 Å². The van der Waals surface area contributed by atoms with E-state index in [4.69, 9.17) is 4.74 Å². The van der Waals surface area contributed by atoms with Crippen molar-refractivity contribution in [2.45, 2.75) is 17.7 Å². The molecule has 0 aromatic heterocycles. The Hall–Kier alpha value is -1.10. The maximum atomic E-state index is 13.4. The van der Waals surface area contributed by atoms with Crippen molar-refractivity contribution >= 4 is 21.8 Å². The Bertz CT molecular complexity index is 449. The average Bonchev–Trinajstić information content (AvgIpc) is 3.19. The number of hydrogen-bond acceptors (Lipinski definition) is 2. The largest absolute Gasteiger partial charge is 0.494 e. The number of methoxy groups -OCH3 is 1. The van der Waals surface area contributed by atoms with E-state index < -0.39 is 5.82 Å². The molecule has 1 atom stereocenters. The van der Waals surface area contributed by atoms with Crippen molar-refractivity contribution in [2.24, 2.45) is 5.92 Å². The lowest BCUT2D eigenvalue weighted by Gasteiger charge is -2.10. The average molecular weight is 316 g/mol. The van der Waals surface area contributed by atoms with Crippen molar-refractivity contribution in [3.63, 3.8) is 0 Å². The van der Waals surface area contributed by atoms with Crippen LogP contribution in [0, 0.1) is 11.7 Å². The van der Waals surface area contributed by atoms with Crippen LogP contribution >= 0.6 is 15.9 Å². The predicted molar refractivity (Wildman–Crippen MR) is 70.7 cm³/mol. The number of rotatable bonds is 5. The summed E-state index contributed by atoms with van der Waals surface area (Å²) < 4.78 is 18.2. The number of benzene rings is 1. The summed E-state index contributed by atoms with van der Waals surface area (Å²) in [6.07, 6.45) is 2.42. The highest BCUT2D eigenvalue weighted by Crippen LogP contribution is 2.36. The molecule has 1 aliphatic carbocycles. The van der Waals surface area contributed by atoms with Crippen LogP contribution in [0.5, 0.6) is 5.75 Å². The van der Waals surface area contributed by atoms with Gasteiger partial charge in [-0.15, -0.1) is 0 Å². The van der Waals surface area contributed by atoms with E-state index in [-0.39, 0.29) is 11.7 Å². The summed E-state index contributed by atoms with van der Waals surface area (Å²) in [6.45, 7) is 0.567. The summed E-state index contributed by atoms with van der Waals surface area (Å²) in [5, 5.41) is 2.79. The highest BCUT2D eigenvalue weighted by atomic mass is 79.9. The summed E-state index contributed by atoms with van der Waals surface area (Å²) in [5.74, 6) is 0.0187. The lowest BCUT2D eigenvalue weighted by atomic mass is 10.2. The minimum absolute atomic E-state index is 0.142. The number of carbonyl (C=O) groups is 1. The number of ether oxygens (including phenoxy) is 1. The van der Waals surface area contributed by atoms with Gasteiger partial charge in [-0.3, -0.25) is 4.79 Å². The third-order valence-electron chi connectivity index (χ3n) is 3.01. The van der Waals surface area contributed by atoms with Gasteiger partial charge >= 0.3 is 0 Å². The Morgan fingerprint density at radius 1 is 1.61 bits per heavy atom. The number of carbonyl (C=O) groups excluding carboxylic acids is 1. The molecule has 1 unspecified atom stereocenters. The fourth-order valence-electron chi connectivity index (χ4n) is 1.72. The molecule has 1 aromatic rings. The molecule has 18 heavy (non-hydrogen) atoms. The predicted octanol–water partition coefficient (Wildman–Crippen LogP) is 2.74.